The minimum Gasteiger partial charge on any atom is -0.376 e. The summed E-state index contributed by atoms with van der Waals surface area (Å²) in [6.07, 6.45) is 1.88. The number of nitrogens with zero attached hydrogens (tertiary/aromatic N) is 2. The zero-order valence-corrected chi connectivity index (χ0v) is 12.3. The molecule has 1 aliphatic carbocycles. The summed E-state index contributed by atoms with van der Waals surface area (Å²) in [7, 11) is 0. The lowest BCUT2D eigenvalue weighted by Gasteiger charge is -2.29. The predicted octanol–water partition coefficient (Wildman–Crippen LogP) is 2.78. The second-order valence-corrected chi connectivity index (χ2v) is 5.62. The Morgan fingerprint density at radius 2 is 1.67 bits per heavy atom. The summed E-state index contributed by atoms with van der Waals surface area (Å²) >= 11 is 5.25. The Hall–Kier alpha value is -2.38. The number of anilines is 1. The molecule has 0 aliphatic heterocycles. The predicted molar refractivity (Wildman–Crippen MR) is 88.1 cm³/mol. The first kappa shape index (κ1) is 13.6. The molecule has 21 heavy (non-hydrogen) atoms. The topological polar surface area (TPSA) is 53.0 Å². The Bertz CT molecular complexity index is 691. The molecule has 0 fully saturated rings. The fourth-order valence-electron chi connectivity index (χ4n) is 2.93. The van der Waals surface area contributed by atoms with Crippen molar-refractivity contribution in [3.05, 3.63) is 65.2 Å². The van der Waals surface area contributed by atoms with Crippen molar-refractivity contribution in [3.8, 4) is 6.07 Å². The standard InChI is InChI=1S/C17H15N3S/c18-11-12-5-7-15(8-6-12)20(17(19)21)16-9-13-3-1-2-4-14(13)10-16/h1-8,16H,9-10H2,(H2,19,21). The molecular weight excluding hydrogens is 278 g/mol. The molecule has 0 radical (unpaired) electrons. The molecule has 0 saturated carbocycles. The molecule has 104 valence electrons. The van der Waals surface area contributed by atoms with Crippen molar-refractivity contribution in [3.63, 3.8) is 0 Å². The van der Waals surface area contributed by atoms with Crippen molar-refractivity contribution < 1.29 is 0 Å². The van der Waals surface area contributed by atoms with Gasteiger partial charge < -0.3 is 10.6 Å². The third-order valence-corrected chi connectivity index (χ3v) is 4.10. The van der Waals surface area contributed by atoms with E-state index in [1.165, 1.54) is 11.1 Å². The van der Waals surface area contributed by atoms with E-state index in [4.69, 9.17) is 23.2 Å². The van der Waals surface area contributed by atoms with Crippen LogP contribution in [0.5, 0.6) is 0 Å². The zero-order chi connectivity index (χ0) is 14.8. The summed E-state index contributed by atoms with van der Waals surface area (Å²) in [5.74, 6) is 0. The van der Waals surface area contributed by atoms with Crippen LogP contribution in [0.15, 0.2) is 48.5 Å². The molecule has 2 aromatic carbocycles. The van der Waals surface area contributed by atoms with Crippen LogP contribution in [-0.4, -0.2) is 11.2 Å². The van der Waals surface area contributed by atoms with Gasteiger partial charge in [0.2, 0.25) is 0 Å². The van der Waals surface area contributed by atoms with Gasteiger partial charge in [0.25, 0.3) is 0 Å². The number of hydrogen-bond donors (Lipinski definition) is 1. The SMILES string of the molecule is N#Cc1ccc(N(C(N)=S)C2Cc3ccccc3C2)cc1. The molecular formula is C17H15N3S. The van der Waals surface area contributed by atoms with Gasteiger partial charge in [-0.25, -0.2) is 0 Å². The van der Waals surface area contributed by atoms with Crippen molar-refractivity contribution in [1.82, 2.24) is 0 Å². The largest absolute Gasteiger partial charge is 0.376 e. The van der Waals surface area contributed by atoms with E-state index < -0.39 is 0 Å². The van der Waals surface area contributed by atoms with Gasteiger partial charge in [0.1, 0.15) is 0 Å². The highest BCUT2D eigenvalue weighted by Crippen LogP contribution is 2.29. The highest BCUT2D eigenvalue weighted by atomic mass is 32.1. The lowest BCUT2D eigenvalue weighted by atomic mass is 10.1. The summed E-state index contributed by atoms with van der Waals surface area (Å²) in [6.45, 7) is 0. The van der Waals surface area contributed by atoms with Gasteiger partial charge in [0.05, 0.1) is 11.6 Å². The zero-order valence-electron chi connectivity index (χ0n) is 11.5. The van der Waals surface area contributed by atoms with Gasteiger partial charge in [-0.05, 0) is 60.5 Å². The summed E-state index contributed by atoms with van der Waals surface area (Å²) in [4.78, 5) is 2.00. The molecule has 3 nitrogen and oxygen atoms in total. The minimum atomic E-state index is 0.243. The number of nitrogens with two attached hydrogens (primary N) is 1. The van der Waals surface area contributed by atoms with Crippen molar-refractivity contribution in [1.29, 1.82) is 5.26 Å². The second-order valence-electron chi connectivity index (χ2n) is 5.20. The van der Waals surface area contributed by atoms with Gasteiger partial charge in [-0.2, -0.15) is 5.26 Å². The molecule has 3 rings (SSSR count). The highest BCUT2D eigenvalue weighted by molar-refractivity contribution is 7.80. The number of rotatable bonds is 2. The number of hydrogen-bond acceptors (Lipinski definition) is 2. The van der Waals surface area contributed by atoms with Crippen LogP contribution in [0.1, 0.15) is 16.7 Å². The van der Waals surface area contributed by atoms with E-state index in [9.17, 15) is 0 Å². The molecule has 0 unspecified atom stereocenters. The van der Waals surface area contributed by atoms with Crippen LogP contribution in [-0.2, 0) is 12.8 Å². The molecule has 0 saturated heterocycles. The molecule has 2 N–H and O–H groups in total. The Labute approximate surface area is 129 Å². The quantitative estimate of drug-likeness (QED) is 0.865. The smallest absolute Gasteiger partial charge is 0.171 e. The van der Waals surface area contributed by atoms with Gasteiger partial charge >= 0.3 is 0 Å². The van der Waals surface area contributed by atoms with Gasteiger partial charge in [0.15, 0.2) is 5.11 Å². The molecule has 0 spiro atoms. The van der Waals surface area contributed by atoms with E-state index in [1.807, 2.05) is 17.0 Å². The monoisotopic (exact) mass is 293 g/mol. The summed E-state index contributed by atoms with van der Waals surface area (Å²) < 4.78 is 0. The first-order valence-corrected chi connectivity index (χ1v) is 7.25. The number of fused-ring (bicyclic) bond motifs is 1. The maximum atomic E-state index is 8.89. The van der Waals surface area contributed by atoms with E-state index in [2.05, 4.69) is 30.3 Å². The van der Waals surface area contributed by atoms with Crippen molar-refractivity contribution in [2.45, 2.75) is 18.9 Å². The number of benzene rings is 2. The van der Waals surface area contributed by atoms with Gasteiger partial charge in [-0.3, -0.25) is 0 Å². The molecule has 4 heteroatoms. The summed E-state index contributed by atoms with van der Waals surface area (Å²) in [5.41, 5.74) is 10.2. The highest BCUT2D eigenvalue weighted by Gasteiger charge is 2.28. The van der Waals surface area contributed by atoms with E-state index in [0.717, 1.165) is 18.5 Å². The average molecular weight is 293 g/mol. The van der Waals surface area contributed by atoms with Crippen LogP contribution in [0.2, 0.25) is 0 Å². The fraction of sp³-hybridized carbons (Fsp3) is 0.176. The maximum Gasteiger partial charge on any atom is 0.171 e. The van der Waals surface area contributed by atoms with Crippen LogP contribution in [0.3, 0.4) is 0 Å². The molecule has 1 aliphatic rings. The first-order valence-electron chi connectivity index (χ1n) is 6.84. The first-order chi connectivity index (χ1) is 10.2. The average Bonchev–Trinajstić information content (AvgIpc) is 2.91. The van der Waals surface area contributed by atoms with Crippen molar-refractivity contribution in [2.24, 2.45) is 5.73 Å². The maximum absolute atomic E-state index is 8.89. The lowest BCUT2D eigenvalue weighted by molar-refractivity contribution is 0.707. The van der Waals surface area contributed by atoms with Gasteiger partial charge in [-0.15, -0.1) is 0 Å². The minimum absolute atomic E-state index is 0.243. The van der Waals surface area contributed by atoms with E-state index in [0.29, 0.717) is 10.7 Å². The van der Waals surface area contributed by atoms with Crippen molar-refractivity contribution >= 4 is 23.0 Å². The van der Waals surface area contributed by atoms with Crippen LogP contribution >= 0.6 is 12.2 Å². The molecule has 0 aromatic heterocycles. The molecule has 0 atom stereocenters. The Morgan fingerprint density at radius 1 is 1.10 bits per heavy atom. The molecule has 0 amide bonds. The van der Waals surface area contributed by atoms with Crippen molar-refractivity contribution in [2.75, 3.05) is 4.90 Å². The normalized spacial score (nSPS) is 13.5. The summed E-state index contributed by atoms with van der Waals surface area (Å²) in [5, 5.41) is 9.26. The Balaban J connectivity index is 1.90. The third-order valence-electron chi connectivity index (χ3n) is 3.91. The third kappa shape index (κ3) is 2.61. The molecule has 0 heterocycles. The van der Waals surface area contributed by atoms with Crippen LogP contribution in [0.25, 0.3) is 0 Å². The van der Waals surface area contributed by atoms with Crippen LogP contribution in [0, 0.1) is 11.3 Å². The Kier molecular flexibility index (Phi) is 3.59. The van der Waals surface area contributed by atoms with E-state index >= 15 is 0 Å². The van der Waals surface area contributed by atoms with Crippen LogP contribution in [0.4, 0.5) is 5.69 Å². The molecule has 0 bridgehead atoms. The van der Waals surface area contributed by atoms with Gasteiger partial charge in [-0.1, -0.05) is 24.3 Å². The van der Waals surface area contributed by atoms with E-state index in [1.54, 1.807) is 12.1 Å². The van der Waals surface area contributed by atoms with E-state index in [-0.39, 0.29) is 6.04 Å². The van der Waals surface area contributed by atoms with Crippen LogP contribution < -0.4 is 10.6 Å². The lowest BCUT2D eigenvalue weighted by Crippen LogP contribution is -2.44. The van der Waals surface area contributed by atoms with Gasteiger partial charge in [0, 0.05) is 11.7 Å². The fourth-order valence-corrected chi connectivity index (χ4v) is 3.19. The number of thiocarbonyl (C=S) groups is 1. The summed E-state index contributed by atoms with van der Waals surface area (Å²) in [6, 6.07) is 18.2. The molecule has 2 aromatic rings. The number of nitriles is 1. The Morgan fingerprint density at radius 3 is 2.14 bits per heavy atom. The second kappa shape index (κ2) is 5.55.